The summed E-state index contributed by atoms with van der Waals surface area (Å²) < 4.78 is 67.5. The maximum atomic E-state index is 14.9. The second-order valence-corrected chi connectivity index (χ2v) is 10.8. The quantitative estimate of drug-likeness (QED) is 0.338. The van der Waals surface area contributed by atoms with E-state index in [0.717, 1.165) is 17.7 Å². The fourth-order valence-corrected chi connectivity index (χ4v) is 6.31. The predicted octanol–water partition coefficient (Wildman–Crippen LogP) is 5.71. The largest absolute Gasteiger partial charge is 0.490 e. The van der Waals surface area contributed by atoms with Crippen LogP contribution in [0.5, 0.6) is 5.75 Å². The van der Waals surface area contributed by atoms with Crippen molar-refractivity contribution in [3.63, 3.8) is 0 Å². The van der Waals surface area contributed by atoms with Gasteiger partial charge in [0.1, 0.15) is 16.9 Å². The van der Waals surface area contributed by atoms with Crippen LogP contribution in [0.4, 0.5) is 8.78 Å². The van der Waals surface area contributed by atoms with Crippen LogP contribution in [-0.2, 0) is 26.0 Å². The van der Waals surface area contributed by atoms with Crippen LogP contribution < -0.4 is 4.74 Å². The van der Waals surface area contributed by atoms with Gasteiger partial charge in [0.25, 0.3) is 0 Å². The van der Waals surface area contributed by atoms with Gasteiger partial charge in [-0.25, -0.2) is 17.2 Å². The number of fused-ring (bicyclic) bond motifs is 1. The third kappa shape index (κ3) is 5.72. The fourth-order valence-electron chi connectivity index (χ4n) is 4.16. The first-order chi connectivity index (χ1) is 16.8. The first-order valence-corrected chi connectivity index (χ1v) is 12.9. The van der Waals surface area contributed by atoms with Crippen molar-refractivity contribution in [2.45, 2.75) is 29.6 Å². The van der Waals surface area contributed by atoms with Crippen LogP contribution in [0, 0.1) is 17.6 Å². The molecule has 4 rings (SSSR count). The van der Waals surface area contributed by atoms with E-state index >= 15 is 0 Å². The van der Waals surface area contributed by atoms with Gasteiger partial charge in [-0.2, -0.15) is 0 Å². The summed E-state index contributed by atoms with van der Waals surface area (Å²) >= 11 is 5.89. The summed E-state index contributed by atoms with van der Waals surface area (Å²) in [5.74, 6) is -3.39. The van der Waals surface area contributed by atoms with Crippen molar-refractivity contribution in [3.05, 3.63) is 94.5 Å². The molecule has 2 atom stereocenters. The van der Waals surface area contributed by atoms with Gasteiger partial charge in [-0.05, 0) is 42.0 Å². The topological polar surface area (TPSA) is 69.7 Å². The number of carbonyl (C=O) groups is 1. The molecule has 1 aliphatic rings. The van der Waals surface area contributed by atoms with Crippen molar-refractivity contribution >= 4 is 27.2 Å². The van der Waals surface area contributed by atoms with Crippen LogP contribution in [-0.4, -0.2) is 27.4 Å². The molecule has 0 fully saturated rings. The Morgan fingerprint density at radius 3 is 2.40 bits per heavy atom. The van der Waals surface area contributed by atoms with Crippen LogP contribution in [0.2, 0.25) is 5.02 Å². The fraction of sp³-hybridized carbons (Fsp3) is 0.269. The minimum atomic E-state index is -4.22. The van der Waals surface area contributed by atoms with E-state index < -0.39 is 44.0 Å². The van der Waals surface area contributed by atoms with E-state index in [0.29, 0.717) is 11.6 Å². The Kier molecular flexibility index (Phi) is 7.84. The molecule has 0 unspecified atom stereocenters. The minimum absolute atomic E-state index is 0.0511. The number of halogens is 3. The molecule has 0 aliphatic carbocycles. The van der Waals surface area contributed by atoms with Crippen LogP contribution in [0.15, 0.2) is 71.6 Å². The highest BCUT2D eigenvalue weighted by atomic mass is 35.5. The minimum Gasteiger partial charge on any atom is -0.490 e. The highest BCUT2D eigenvalue weighted by Crippen LogP contribution is 2.46. The molecule has 0 radical (unpaired) electrons. The molecule has 0 spiro atoms. The predicted molar refractivity (Wildman–Crippen MR) is 127 cm³/mol. The summed E-state index contributed by atoms with van der Waals surface area (Å²) in [6.45, 7) is 0.239. The Balaban J connectivity index is 1.55. The standard InChI is InChI=1S/C26H23ClF2O5S/c27-19-6-8-21(9-7-19)35(31,32)26-18(16-34-25-23(29)11-10-22(28)24(25)26)14-20(30)12-13-33-15-17-4-2-1-3-5-17/h1-11,18,26H,12-16H2/t18-,26+/m1/s1. The molecular weight excluding hydrogens is 498 g/mol. The number of carbonyl (C=O) groups excluding carboxylic acids is 1. The van der Waals surface area contributed by atoms with Crippen molar-refractivity contribution in [3.8, 4) is 5.75 Å². The Morgan fingerprint density at radius 1 is 1.00 bits per heavy atom. The summed E-state index contributed by atoms with van der Waals surface area (Å²) in [4.78, 5) is 12.6. The highest BCUT2D eigenvalue weighted by Gasteiger charge is 2.44. The molecule has 5 nitrogen and oxygen atoms in total. The molecule has 35 heavy (non-hydrogen) atoms. The Hall–Kier alpha value is -2.81. The second kappa shape index (κ2) is 10.8. The molecule has 0 aromatic heterocycles. The van der Waals surface area contributed by atoms with E-state index in [1.165, 1.54) is 24.3 Å². The third-order valence-corrected chi connectivity index (χ3v) is 8.32. The lowest BCUT2D eigenvalue weighted by Crippen LogP contribution is -2.34. The Morgan fingerprint density at radius 2 is 1.69 bits per heavy atom. The number of rotatable bonds is 9. The number of hydrogen-bond acceptors (Lipinski definition) is 5. The molecule has 0 bridgehead atoms. The zero-order valence-corrected chi connectivity index (χ0v) is 20.2. The van der Waals surface area contributed by atoms with Crippen molar-refractivity contribution in [2.24, 2.45) is 5.92 Å². The smallest absolute Gasteiger partial charge is 0.186 e. The molecule has 0 N–H and O–H groups in total. The summed E-state index contributed by atoms with van der Waals surface area (Å²) in [5.41, 5.74) is 0.563. The summed E-state index contributed by atoms with van der Waals surface area (Å²) in [7, 11) is -4.22. The number of ketones is 1. The van der Waals surface area contributed by atoms with Gasteiger partial charge in [0.15, 0.2) is 21.4 Å². The maximum Gasteiger partial charge on any atom is 0.186 e. The normalized spacial score (nSPS) is 17.5. The van der Waals surface area contributed by atoms with Gasteiger partial charge in [0.05, 0.1) is 30.3 Å². The number of benzene rings is 3. The van der Waals surface area contributed by atoms with E-state index in [1.54, 1.807) is 0 Å². The monoisotopic (exact) mass is 520 g/mol. The van der Waals surface area contributed by atoms with Gasteiger partial charge in [0.2, 0.25) is 0 Å². The van der Waals surface area contributed by atoms with Crippen LogP contribution in [0.1, 0.15) is 29.2 Å². The zero-order valence-electron chi connectivity index (χ0n) is 18.6. The van der Waals surface area contributed by atoms with Gasteiger partial charge < -0.3 is 9.47 Å². The Labute approximate surface area is 207 Å². The van der Waals surface area contributed by atoms with Crippen molar-refractivity contribution in [1.82, 2.24) is 0 Å². The summed E-state index contributed by atoms with van der Waals surface area (Å²) in [6.07, 6.45) is -0.142. The molecule has 0 saturated heterocycles. The second-order valence-electron chi connectivity index (χ2n) is 8.29. The van der Waals surface area contributed by atoms with Gasteiger partial charge in [0, 0.05) is 23.8 Å². The molecular formula is C26H23ClF2O5S. The molecule has 0 saturated carbocycles. The number of ether oxygens (including phenoxy) is 2. The molecule has 1 heterocycles. The first kappa shape index (κ1) is 25.3. The van der Waals surface area contributed by atoms with Crippen LogP contribution in [0.3, 0.4) is 0 Å². The van der Waals surface area contributed by atoms with E-state index in [2.05, 4.69) is 0 Å². The Bertz CT molecular complexity index is 1300. The average Bonchev–Trinajstić information content (AvgIpc) is 2.85. The number of sulfone groups is 1. The third-order valence-electron chi connectivity index (χ3n) is 5.85. The molecule has 1 aliphatic heterocycles. The lowest BCUT2D eigenvalue weighted by atomic mass is 9.90. The summed E-state index contributed by atoms with van der Waals surface area (Å²) in [5, 5.41) is -1.17. The van der Waals surface area contributed by atoms with Crippen LogP contribution in [0.25, 0.3) is 0 Å². The van der Waals surface area contributed by atoms with E-state index in [4.69, 9.17) is 21.1 Å². The first-order valence-electron chi connectivity index (χ1n) is 11.0. The number of hydrogen-bond donors (Lipinski definition) is 0. The van der Waals surface area contributed by atoms with Gasteiger partial charge in [-0.1, -0.05) is 41.9 Å². The van der Waals surface area contributed by atoms with E-state index in [1.807, 2.05) is 30.3 Å². The lowest BCUT2D eigenvalue weighted by Gasteiger charge is -2.33. The SMILES string of the molecule is O=C(CCOCc1ccccc1)C[C@@H]1COc2c(F)ccc(F)c2[C@H]1S(=O)(=O)c1ccc(Cl)cc1. The van der Waals surface area contributed by atoms with E-state index in [9.17, 15) is 22.0 Å². The molecule has 9 heteroatoms. The maximum absolute atomic E-state index is 14.9. The van der Waals surface area contributed by atoms with Gasteiger partial charge >= 0.3 is 0 Å². The zero-order chi connectivity index (χ0) is 25.0. The number of Topliss-reactive ketones (excluding diaryl/α,β-unsaturated/α-hetero) is 1. The van der Waals surface area contributed by atoms with E-state index in [-0.39, 0.29) is 36.7 Å². The average molecular weight is 521 g/mol. The molecule has 0 amide bonds. The van der Waals surface area contributed by atoms with Gasteiger partial charge in [-0.3, -0.25) is 4.79 Å². The van der Waals surface area contributed by atoms with Gasteiger partial charge in [-0.15, -0.1) is 0 Å². The van der Waals surface area contributed by atoms with Crippen LogP contribution >= 0.6 is 11.6 Å². The van der Waals surface area contributed by atoms with Crippen molar-refractivity contribution < 1.29 is 31.5 Å². The molecule has 3 aromatic rings. The molecule has 3 aromatic carbocycles. The highest BCUT2D eigenvalue weighted by molar-refractivity contribution is 7.91. The van der Waals surface area contributed by atoms with Crippen molar-refractivity contribution in [1.29, 1.82) is 0 Å². The molecule has 184 valence electrons. The summed E-state index contributed by atoms with van der Waals surface area (Å²) in [6, 6.07) is 16.6. The lowest BCUT2D eigenvalue weighted by molar-refractivity contribution is -0.121. The van der Waals surface area contributed by atoms with Crippen molar-refractivity contribution in [2.75, 3.05) is 13.2 Å².